The lowest BCUT2D eigenvalue weighted by Crippen LogP contribution is -2.58. The lowest BCUT2D eigenvalue weighted by Gasteiger charge is -2.37. The molecule has 0 bridgehead atoms. The number of alkyl carbamates (subject to hydrolysis) is 1. The molecule has 1 unspecified atom stereocenters. The van der Waals surface area contributed by atoms with Gasteiger partial charge in [0.1, 0.15) is 18.2 Å². The van der Waals surface area contributed by atoms with E-state index in [-0.39, 0.29) is 12.5 Å². The normalized spacial score (nSPS) is 16.6. The number of amides is 2. The zero-order chi connectivity index (χ0) is 25.0. The summed E-state index contributed by atoms with van der Waals surface area (Å²) in [6.07, 6.45) is 4.09. The number of carboxylic acids is 1. The molecule has 2 aliphatic rings. The average molecular weight is 477 g/mol. The molecule has 7 nitrogen and oxygen atoms in total. The van der Waals surface area contributed by atoms with Crippen LogP contribution in [0.5, 0.6) is 0 Å². The summed E-state index contributed by atoms with van der Waals surface area (Å²) < 4.78 is 5.62. The molecule has 35 heavy (non-hydrogen) atoms. The van der Waals surface area contributed by atoms with Crippen LogP contribution < -0.4 is 5.32 Å². The smallest absolute Gasteiger partial charge is 0.407 e. The van der Waals surface area contributed by atoms with E-state index in [0.717, 1.165) is 35.1 Å². The first-order chi connectivity index (χ1) is 16.9. The molecule has 0 aromatic heterocycles. The highest BCUT2D eigenvalue weighted by atomic mass is 16.5. The summed E-state index contributed by atoms with van der Waals surface area (Å²) in [6.45, 7) is 3.84. The van der Waals surface area contributed by atoms with Gasteiger partial charge in [0.05, 0.1) is 0 Å². The van der Waals surface area contributed by atoms with Crippen LogP contribution in [0.15, 0.2) is 61.2 Å². The molecule has 0 heterocycles. The Balaban J connectivity index is 1.45. The van der Waals surface area contributed by atoms with Crippen molar-refractivity contribution < 1.29 is 24.2 Å². The molecule has 1 atom stereocenters. The van der Waals surface area contributed by atoms with Gasteiger partial charge in [0.25, 0.3) is 0 Å². The lowest BCUT2D eigenvalue weighted by atomic mass is 9.94. The van der Waals surface area contributed by atoms with E-state index in [1.807, 2.05) is 36.4 Å². The summed E-state index contributed by atoms with van der Waals surface area (Å²) in [5, 5.41) is 12.6. The number of rotatable bonds is 9. The van der Waals surface area contributed by atoms with Crippen LogP contribution in [0, 0.1) is 0 Å². The van der Waals surface area contributed by atoms with Crippen molar-refractivity contribution in [3.05, 3.63) is 72.3 Å². The van der Waals surface area contributed by atoms with E-state index in [1.54, 1.807) is 6.08 Å². The van der Waals surface area contributed by atoms with E-state index < -0.39 is 29.6 Å². The summed E-state index contributed by atoms with van der Waals surface area (Å²) in [6, 6.07) is 15.2. The van der Waals surface area contributed by atoms with E-state index in [4.69, 9.17) is 4.74 Å². The van der Waals surface area contributed by atoms with Crippen molar-refractivity contribution in [1.29, 1.82) is 0 Å². The number of ether oxygens (including phenoxy) is 1. The largest absolute Gasteiger partial charge is 0.479 e. The predicted molar refractivity (Wildman–Crippen MR) is 133 cm³/mol. The number of carboxylic acid groups (broad SMARTS) is 1. The summed E-state index contributed by atoms with van der Waals surface area (Å²) in [7, 11) is 1.52. The molecule has 1 fully saturated rings. The van der Waals surface area contributed by atoms with Gasteiger partial charge in [-0.05, 0) is 47.9 Å². The molecular formula is C28H32N2O5. The van der Waals surface area contributed by atoms with E-state index in [2.05, 4.69) is 24.0 Å². The Morgan fingerprint density at radius 1 is 1.11 bits per heavy atom. The van der Waals surface area contributed by atoms with Crippen molar-refractivity contribution in [1.82, 2.24) is 10.2 Å². The molecule has 2 aromatic rings. The molecule has 2 aromatic carbocycles. The fourth-order valence-corrected chi connectivity index (χ4v) is 5.42. The SMILES string of the molecule is C=CCCC(NC(=O)OCC1c2ccccc2-c2ccccc21)C(=O)N(C)C1(C(=O)O)CCCC1. The van der Waals surface area contributed by atoms with Crippen molar-refractivity contribution in [3.8, 4) is 11.1 Å². The monoisotopic (exact) mass is 476 g/mol. The Hall–Kier alpha value is -3.61. The van der Waals surface area contributed by atoms with Crippen molar-refractivity contribution in [2.24, 2.45) is 0 Å². The van der Waals surface area contributed by atoms with E-state index in [9.17, 15) is 19.5 Å². The summed E-state index contributed by atoms with van der Waals surface area (Å²) in [5.41, 5.74) is 3.24. The third-order valence-electron chi connectivity index (χ3n) is 7.39. The quantitative estimate of drug-likeness (QED) is 0.511. The molecule has 2 aliphatic carbocycles. The number of allylic oxidation sites excluding steroid dienone is 1. The maximum absolute atomic E-state index is 13.3. The molecule has 4 rings (SSSR count). The number of benzene rings is 2. The van der Waals surface area contributed by atoms with Crippen LogP contribution in [0.1, 0.15) is 55.6 Å². The number of hydrogen-bond donors (Lipinski definition) is 2. The number of carbonyl (C=O) groups excluding carboxylic acids is 2. The molecule has 7 heteroatoms. The van der Waals surface area contributed by atoms with Gasteiger partial charge in [-0.25, -0.2) is 9.59 Å². The second-order valence-electron chi connectivity index (χ2n) is 9.33. The maximum Gasteiger partial charge on any atom is 0.407 e. The predicted octanol–water partition coefficient (Wildman–Crippen LogP) is 4.72. The van der Waals surface area contributed by atoms with Crippen LogP contribution in [0.3, 0.4) is 0 Å². The van der Waals surface area contributed by atoms with E-state index in [1.165, 1.54) is 11.9 Å². The minimum absolute atomic E-state index is 0.0908. The first kappa shape index (κ1) is 24.5. The van der Waals surface area contributed by atoms with Crippen molar-refractivity contribution in [2.75, 3.05) is 13.7 Å². The van der Waals surface area contributed by atoms with Gasteiger partial charge in [-0.3, -0.25) is 4.79 Å². The molecule has 2 amide bonds. The number of fused-ring (bicyclic) bond motifs is 3. The molecule has 0 aliphatic heterocycles. The first-order valence-corrected chi connectivity index (χ1v) is 12.1. The Morgan fingerprint density at radius 3 is 2.23 bits per heavy atom. The van der Waals surface area contributed by atoms with Gasteiger partial charge in [-0.15, -0.1) is 6.58 Å². The van der Waals surface area contributed by atoms with Crippen LogP contribution in [-0.2, 0) is 14.3 Å². The zero-order valence-corrected chi connectivity index (χ0v) is 20.0. The van der Waals surface area contributed by atoms with Crippen molar-refractivity contribution >= 4 is 18.0 Å². The number of carbonyl (C=O) groups is 3. The fraction of sp³-hybridized carbons (Fsp3) is 0.393. The standard InChI is InChI=1S/C28H32N2O5/c1-3-4-15-24(25(31)30(2)28(26(32)33)16-9-10-17-28)29-27(34)35-18-23-21-13-7-5-11-19(21)20-12-6-8-14-22(20)23/h3,5-8,11-14,23-24H,1,4,9-10,15-18H2,2H3,(H,29,34)(H,32,33). The van der Waals surface area contributed by atoms with Gasteiger partial charge in [-0.1, -0.05) is 67.4 Å². The third-order valence-corrected chi connectivity index (χ3v) is 7.39. The van der Waals surface area contributed by atoms with Gasteiger partial charge in [0.2, 0.25) is 5.91 Å². The zero-order valence-electron chi connectivity index (χ0n) is 20.0. The van der Waals surface area contributed by atoms with Crippen LogP contribution >= 0.6 is 0 Å². The highest BCUT2D eigenvalue weighted by Crippen LogP contribution is 2.44. The molecular weight excluding hydrogens is 444 g/mol. The Bertz CT molecular complexity index is 1080. The van der Waals surface area contributed by atoms with E-state index in [0.29, 0.717) is 25.7 Å². The Labute approximate surface area is 205 Å². The number of nitrogens with one attached hydrogen (secondary N) is 1. The van der Waals surface area contributed by atoms with Gasteiger partial charge < -0.3 is 20.1 Å². The maximum atomic E-state index is 13.3. The fourth-order valence-electron chi connectivity index (χ4n) is 5.42. The lowest BCUT2D eigenvalue weighted by molar-refractivity contribution is -0.158. The Kier molecular flexibility index (Phi) is 7.24. The number of aliphatic carboxylic acids is 1. The highest BCUT2D eigenvalue weighted by Gasteiger charge is 2.48. The topological polar surface area (TPSA) is 95.9 Å². The van der Waals surface area contributed by atoms with Crippen LogP contribution in [-0.4, -0.2) is 53.2 Å². The van der Waals surface area contributed by atoms with Gasteiger partial charge >= 0.3 is 12.1 Å². The van der Waals surface area contributed by atoms with E-state index >= 15 is 0 Å². The average Bonchev–Trinajstić information content (AvgIpc) is 3.49. The third kappa shape index (κ3) is 4.67. The van der Waals surface area contributed by atoms with Crippen LogP contribution in [0.2, 0.25) is 0 Å². The molecule has 1 saturated carbocycles. The molecule has 0 saturated heterocycles. The number of nitrogens with zero attached hydrogens (tertiary/aromatic N) is 1. The van der Waals surface area contributed by atoms with Crippen molar-refractivity contribution in [2.45, 2.75) is 56.0 Å². The van der Waals surface area contributed by atoms with Gasteiger partial charge in [0.15, 0.2) is 0 Å². The van der Waals surface area contributed by atoms with Gasteiger partial charge in [-0.2, -0.15) is 0 Å². The number of likely N-dealkylation sites (N-methyl/N-ethyl adjacent to an activating group) is 1. The van der Waals surface area contributed by atoms with Gasteiger partial charge in [0, 0.05) is 13.0 Å². The van der Waals surface area contributed by atoms with Crippen LogP contribution in [0.25, 0.3) is 11.1 Å². The summed E-state index contributed by atoms with van der Waals surface area (Å²) in [4.78, 5) is 39.5. The first-order valence-electron chi connectivity index (χ1n) is 12.1. The second kappa shape index (κ2) is 10.3. The van der Waals surface area contributed by atoms with Crippen molar-refractivity contribution in [3.63, 3.8) is 0 Å². The Morgan fingerprint density at radius 2 is 1.69 bits per heavy atom. The highest BCUT2D eigenvalue weighted by molar-refractivity contribution is 5.91. The summed E-state index contributed by atoms with van der Waals surface area (Å²) >= 11 is 0. The summed E-state index contributed by atoms with van der Waals surface area (Å²) in [5.74, 6) is -1.52. The molecule has 184 valence electrons. The molecule has 0 spiro atoms. The number of hydrogen-bond acceptors (Lipinski definition) is 4. The minimum atomic E-state index is -1.23. The second-order valence-corrected chi connectivity index (χ2v) is 9.33. The molecule has 2 N–H and O–H groups in total. The van der Waals surface area contributed by atoms with Crippen LogP contribution in [0.4, 0.5) is 4.79 Å². The minimum Gasteiger partial charge on any atom is -0.479 e. The molecule has 0 radical (unpaired) electrons.